The molecule has 0 aliphatic carbocycles. The fourth-order valence-corrected chi connectivity index (χ4v) is 11.7. The predicted octanol–water partition coefficient (Wildman–Crippen LogP) is 17.3. The molecule has 0 aliphatic heterocycles. The second-order valence-corrected chi connectivity index (χ2v) is 17.3. The van der Waals surface area contributed by atoms with Crippen molar-refractivity contribution in [2.75, 3.05) is 0 Å². The zero-order valence-electron chi connectivity index (χ0n) is 32.2. The van der Waals surface area contributed by atoms with E-state index in [0.717, 1.165) is 110 Å². The van der Waals surface area contributed by atoms with Gasteiger partial charge in [0, 0.05) is 84.8 Å². The van der Waals surface area contributed by atoms with Crippen LogP contribution in [0.4, 0.5) is 0 Å². The molecule has 0 N–H and O–H groups in total. The first-order valence-corrected chi connectivity index (χ1v) is 21.4. The molecule has 5 heterocycles. The monoisotopic (exact) mass is 796 g/mol. The van der Waals surface area contributed by atoms with Crippen LogP contribution in [-0.4, -0.2) is 0 Å². The van der Waals surface area contributed by atoms with Gasteiger partial charge in [0.25, 0.3) is 0 Å². The molecule has 0 spiro atoms. The van der Waals surface area contributed by atoms with Gasteiger partial charge in [-0.25, -0.2) is 0 Å². The van der Waals surface area contributed by atoms with Gasteiger partial charge in [-0.05, 0) is 107 Å². The van der Waals surface area contributed by atoms with Crippen LogP contribution < -0.4 is 0 Å². The summed E-state index contributed by atoms with van der Waals surface area (Å²) >= 11 is 1.88. The zero-order chi connectivity index (χ0) is 39.5. The average molecular weight is 797 g/mol. The number of hydrogen-bond donors (Lipinski definition) is 0. The Kier molecular flexibility index (Phi) is 6.01. The van der Waals surface area contributed by atoms with E-state index in [1.54, 1.807) is 0 Å². The molecule has 0 unspecified atom stereocenters. The lowest BCUT2D eigenvalue weighted by Crippen LogP contribution is -1.86. The molecule has 0 bridgehead atoms. The highest BCUT2D eigenvalue weighted by Gasteiger charge is 2.24. The molecule has 15 aromatic rings. The van der Waals surface area contributed by atoms with Gasteiger partial charge in [0.05, 0.1) is 0 Å². The van der Waals surface area contributed by atoms with E-state index in [1.165, 1.54) is 41.7 Å². The van der Waals surface area contributed by atoms with Gasteiger partial charge >= 0.3 is 0 Å². The summed E-state index contributed by atoms with van der Waals surface area (Å²) in [6.45, 7) is 0. The molecule has 282 valence electrons. The molecule has 4 nitrogen and oxygen atoms in total. The first kappa shape index (κ1) is 32.0. The van der Waals surface area contributed by atoms with Crippen molar-refractivity contribution in [2.45, 2.75) is 0 Å². The number of thiophene rings is 1. The number of hydrogen-bond acceptors (Lipinski definition) is 5. The highest BCUT2D eigenvalue weighted by atomic mass is 32.1. The number of rotatable bonds is 2. The zero-order valence-corrected chi connectivity index (χ0v) is 33.0. The fourth-order valence-electron chi connectivity index (χ4n) is 10.4. The average Bonchev–Trinajstić information content (AvgIpc) is 4.13. The van der Waals surface area contributed by atoms with Crippen LogP contribution in [0, 0.1) is 0 Å². The first-order valence-electron chi connectivity index (χ1n) is 20.6. The fraction of sp³-hybridized carbons (Fsp3) is 0. The van der Waals surface area contributed by atoms with Crippen molar-refractivity contribution in [1.82, 2.24) is 0 Å². The first-order chi connectivity index (χ1) is 30.2. The smallest absolute Gasteiger partial charge is 0.136 e. The van der Waals surface area contributed by atoms with E-state index in [2.05, 4.69) is 133 Å². The van der Waals surface area contributed by atoms with Crippen molar-refractivity contribution in [1.29, 1.82) is 0 Å². The van der Waals surface area contributed by atoms with E-state index in [9.17, 15) is 0 Å². The van der Waals surface area contributed by atoms with Gasteiger partial charge in [-0.3, -0.25) is 0 Å². The Bertz CT molecular complexity index is 4130. The second-order valence-electron chi connectivity index (χ2n) is 16.2. The van der Waals surface area contributed by atoms with Crippen LogP contribution in [0.2, 0.25) is 0 Å². The molecule has 0 fully saturated rings. The second kappa shape index (κ2) is 11.4. The van der Waals surface area contributed by atoms with E-state index in [-0.39, 0.29) is 0 Å². The van der Waals surface area contributed by atoms with Crippen LogP contribution in [-0.2, 0) is 0 Å². The molecular formula is C56H28O4S. The minimum absolute atomic E-state index is 0.881. The summed E-state index contributed by atoms with van der Waals surface area (Å²) in [7, 11) is 0. The third kappa shape index (κ3) is 4.22. The Morgan fingerprint density at radius 2 is 0.607 bits per heavy atom. The van der Waals surface area contributed by atoms with E-state index in [0.29, 0.717) is 0 Å². The lowest BCUT2D eigenvalue weighted by molar-refractivity contribution is 0.668. The summed E-state index contributed by atoms with van der Waals surface area (Å²) in [5.74, 6) is 0. The number of furan rings is 4. The van der Waals surface area contributed by atoms with Crippen molar-refractivity contribution in [2.24, 2.45) is 0 Å². The van der Waals surface area contributed by atoms with E-state index in [1.807, 2.05) is 47.7 Å². The van der Waals surface area contributed by atoms with Crippen molar-refractivity contribution in [3.63, 3.8) is 0 Å². The maximum atomic E-state index is 6.55. The van der Waals surface area contributed by atoms with Crippen LogP contribution in [0.1, 0.15) is 0 Å². The van der Waals surface area contributed by atoms with Crippen molar-refractivity contribution in [3.05, 3.63) is 170 Å². The summed E-state index contributed by atoms with van der Waals surface area (Å²) in [5.41, 5.74) is 11.7. The Morgan fingerprint density at radius 1 is 0.246 bits per heavy atom. The number of para-hydroxylation sites is 4. The van der Waals surface area contributed by atoms with Gasteiger partial charge in [-0.2, -0.15) is 0 Å². The van der Waals surface area contributed by atoms with E-state index in [4.69, 9.17) is 17.7 Å². The van der Waals surface area contributed by atoms with Gasteiger partial charge in [0.15, 0.2) is 0 Å². The largest absolute Gasteiger partial charge is 0.456 e. The molecule has 0 saturated carbocycles. The summed E-state index contributed by atoms with van der Waals surface area (Å²) in [5, 5.41) is 16.2. The van der Waals surface area contributed by atoms with Crippen molar-refractivity contribution in [3.8, 4) is 22.3 Å². The molecule has 5 aromatic heterocycles. The Balaban J connectivity index is 1.13. The summed E-state index contributed by atoms with van der Waals surface area (Å²) in [6.07, 6.45) is 0. The molecule has 5 heteroatoms. The quantitative estimate of drug-likeness (QED) is 0.175. The molecule has 15 rings (SSSR count). The highest BCUT2D eigenvalue weighted by molar-refractivity contribution is 7.27. The Labute approximate surface area is 349 Å². The summed E-state index contributed by atoms with van der Waals surface area (Å²) < 4.78 is 28.3. The molecule has 0 radical (unpaired) electrons. The SMILES string of the molecule is c1ccc2c(c1)oc1ccc(-c3cc4c5cc(-c6ccc7oc8ccccc8c7c6)c6c(ccc7oc8ccccc8c76)c5sc4c4ccc5oc6ccccc6c5c34)cc12. The minimum Gasteiger partial charge on any atom is -0.456 e. The van der Waals surface area contributed by atoms with E-state index >= 15 is 0 Å². The molecule has 0 amide bonds. The predicted molar refractivity (Wildman–Crippen MR) is 254 cm³/mol. The van der Waals surface area contributed by atoms with Crippen LogP contribution in [0.25, 0.3) is 152 Å². The van der Waals surface area contributed by atoms with Gasteiger partial charge in [0.1, 0.15) is 44.7 Å². The topological polar surface area (TPSA) is 52.6 Å². The molecule has 0 saturated heterocycles. The highest BCUT2D eigenvalue weighted by Crippen LogP contribution is 2.52. The van der Waals surface area contributed by atoms with Gasteiger partial charge in [-0.15, -0.1) is 11.3 Å². The van der Waals surface area contributed by atoms with Gasteiger partial charge in [0.2, 0.25) is 0 Å². The van der Waals surface area contributed by atoms with Crippen LogP contribution in [0.15, 0.2) is 188 Å². The van der Waals surface area contributed by atoms with Crippen molar-refractivity contribution >= 4 is 141 Å². The van der Waals surface area contributed by atoms with Crippen LogP contribution in [0.5, 0.6) is 0 Å². The standard InChI is InChI=1S/C56H28O4S/c1-5-13-43-31(9-1)39-25-29(17-21-47(39)57-43)37-27-41-42-28-38(30-18-22-48-40(26-30)32-10-2-6-14-44(32)58-48)52-36(20-24-50-54(52)34-12-4-8-16-46(34)60-50)56(42)61-55(41)35-19-23-49-53(51(35)37)33-11-3-7-15-45(33)59-49/h1-28H. The lowest BCUT2D eigenvalue weighted by atomic mass is 9.89. The molecule has 0 aliphatic rings. The Hall–Kier alpha value is -7.86. The van der Waals surface area contributed by atoms with Gasteiger partial charge < -0.3 is 17.7 Å². The number of benzene rings is 10. The van der Waals surface area contributed by atoms with Crippen LogP contribution >= 0.6 is 11.3 Å². The van der Waals surface area contributed by atoms with Crippen LogP contribution in [0.3, 0.4) is 0 Å². The van der Waals surface area contributed by atoms with Crippen molar-refractivity contribution < 1.29 is 17.7 Å². The van der Waals surface area contributed by atoms with E-state index < -0.39 is 0 Å². The third-order valence-electron chi connectivity index (χ3n) is 13.1. The summed E-state index contributed by atoms with van der Waals surface area (Å²) in [6, 6.07) is 60.5. The normalized spacial score (nSPS) is 12.6. The Morgan fingerprint density at radius 3 is 1.07 bits per heavy atom. The molecular weight excluding hydrogens is 769 g/mol. The number of fused-ring (bicyclic) bond motifs is 21. The lowest BCUT2D eigenvalue weighted by Gasteiger charge is -2.12. The maximum absolute atomic E-state index is 6.55. The minimum atomic E-state index is 0.881. The summed E-state index contributed by atoms with van der Waals surface area (Å²) in [4.78, 5) is 0. The third-order valence-corrected chi connectivity index (χ3v) is 14.3. The molecule has 10 aromatic carbocycles. The molecule has 0 atom stereocenters. The maximum Gasteiger partial charge on any atom is 0.136 e. The van der Waals surface area contributed by atoms with Gasteiger partial charge in [-0.1, -0.05) is 84.9 Å². The molecule has 61 heavy (non-hydrogen) atoms.